The van der Waals surface area contributed by atoms with Crippen molar-refractivity contribution in [1.82, 2.24) is 15.5 Å². The number of nitrogens with one attached hydrogen (secondary N) is 2. The van der Waals surface area contributed by atoms with Crippen LogP contribution in [-0.2, 0) is 25.3 Å². The second-order valence-electron chi connectivity index (χ2n) is 12.5. The molecule has 9 nitrogen and oxygen atoms in total. The molecule has 2 rings (SSSR count). The van der Waals surface area contributed by atoms with Gasteiger partial charge in [0.15, 0.2) is 0 Å². The van der Waals surface area contributed by atoms with Crippen molar-refractivity contribution in [3.05, 3.63) is 29.8 Å². The van der Waals surface area contributed by atoms with E-state index in [1.807, 2.05) is 87.4 Å². The zero-order valence-corrected chi connectivity index (χ0v) is 24.3. The van der Waals surface area contributed by atoms with Crippen LogP contribution >= 0.6 is 0 Å². The number of ether oxygens (including phenoxy) is 2. The van der Waals surface area contributed by atoms with Gasteiger partial charge in [0.1, 0.15) is 11.2 Å². The molecule has 2 N–H and O–H groups in total. The molecule has 1 aromatic carbocycles. The maximum absolute atomic E-state index is 12.1. The van der Waals surface area contributed by atoms with Gasteiger partial charge in [0, 0.05) is 32.7 Å². The SMILES string of the molecule is CC(C)(C)OC(=O)NCCN(CCNC(=O)OC(C)(C)C)Cc1cccc(B2OC(C)(C)C(C)(C)O2)c1. The van der Waals surface area contributed by atoms with Gasteiger partial charge in [-0.15, -0.1) is 0 Å². The fourth-order valence-electron chi connectivity index (χ4n) is 3.61. The second-order valence-corrected chi connectivity index (χ2v) is 12.5. The van der Waals surface area contributed by atoms with Gasteiger partial charge >= 0.3 is 19.3 Å². The molecule has 0 saturated carbocycles. The molecule has 0 aromatic heterocycles. The predicted octanol–water partition coefficient (Wildman–Crippen LogP) is 3.84. The third-order valence-corrected chi connectivity index (χ3v) is 6.08. The molecule has 1 fully saturated rings. The lowest BCUT2D eigenvalue weighted by Gasteiger charge is -2.32. The first-order chi connectivity index (χ1) is 16.9. The van der Waals surface area contributed by atoms with Gasteiger partial charge in [0.2, 0.25) is 0 Å². The van der Waals surface area contributed by atoms with Crippen LogP contribution in [0.2, 0.25) is 0 Å². The molecular formula is C27H46BN3O6. The second kappa shape index (κ2) is 12.0. The Bertz CT molecular complexity index is 873. The molecule has 1 aliphatic heterocycles. The first-order valence-corrected chi connectivity index (χ1v) is 13.0. The van der Waals surface area contributed by atoms with Gasteiger partial charge < -0.3 is 29.4 Å². The van der Waals surface area contributed by atoms with Crippen molar-refractivity contribution in [2.45, 2.75) is 98.2 Å². The summed E-state index contributed by atoms with van der Waals surface area (Å²) in [7, 11) is -0.443. The molecule has 1 saturated heterocycles. The number of hydrogen-bond acceptors (Lipinski definition) is 7. The highest BCUT2D eigenvalue weighted by Gasteiger charge is 2.51. The van der Waals surface area contributed by atoms with Crippen LogP contribution in [0.5, 0.6) is 0 Å². The first-order valence-electron chi connectivity index (χ1n) is 13.0. The molecule has 10 heteroatoms. The molecule has 0 aliphatic carbocycles. The summed E-state index contributed by atoms with van der Waals surface area (Å²) >= 11 is 0. The van der Waals surface area contributed by atoms with Crippen molar-refractivity contribution in [3.8, 4) is 0 Å². The molecule has 37 heavy (non-hydrogen) atoms. The van der Waals surface area contributed by atoms with Gasteiger partial charge in [0.25, 0.3) is 0 Å². The average molecular weight is 519 g/mol. The minimum Gasteiger partial charge on any atom is -0.444 e. The van der Waals surface area contributed by atoms with Crippen molar-refractivity contribution in [3.63, 3.8) is 0 Å². The zero-order valence-electron chi connectivity index (χ0n) is 24.3. The van der Waals surface area contributed by atoms with Crippen molar-refractivity contribution in [2.75, 3.05) is 26.2 Å². The summed E-state index contributed by atoms with van der Waals surface area (Å²) in [5, 5.41) is 5.61. The molecule has 1 aromatic rings. The number of benzene rings is 1. The summed E-state index contributed by atoms with van der Waals surface area (Å²) in [5.41, 5.74) is 0.0711. The molecule has 0 radical (unpaired) electrons. The summed E-state index contributed by atoms with van der Waals surface area (Å²) in [6.07, 6.45) is -0.913. The van der Waals surface area contributed by atoms with Crippen molar-refractivity contribution in [1.29, 1.82) is 0 Å². The van der Waals surface area contributed by atoms with Gasteiger partial charge in [0.05, 0.1) is 11.2 Å². The Labute approximate surface area is 223 Å². The molecule has 0 unspecified atom stereocenters. The Morgan fingerprint density at radius 2 is 1.32 bits per heavy atom. The number of amides is 2. The van der Waals surface area contributed by atoms with Crippen LogP contribution in [0.15, 0.2) is 24.3 Å². The third kappa shape index (κ3) is 10.5. The molecular weight excluding hydrogens is 473 g/mol. The lowest BCUT2D eigenvalue weighted by atomic mass is 9.78. The van der Waals surface area contributed by atoms with Crippen LogP contribution in [0.25, 0.3) is 0 Å². The Kier molecular flexibility index (Phi) is 10.1. The highest BCUT2D eigenvalue weighted by Crippen LogP contribution is 2.36. The minimum absolute atomic E-state index is 0.401. The standard InChI is InChI=1S/C27H46BN3O6/c1-24(2,3)34-22(32)29-14-16-31(17-15-30-23(33)35-25(4,5)6)19-20-12-11-13-21(18-20)28-36-26(7,8)27(9,10)37-28/h11-13,18H,14-17,19H2,1-10H3,(H,29,32)(H,30,33). The molecule has 1 heterocycles. The normalized spacial score (nSPS) is 17.0. The summed E-state index contributed by atoms with van der Waals surface area (Å²) in [5.74, 6) is 0. The quantitative estimate of drug-likeness (QED) is 0.479. The van der Waals surface area contributed by atoms with E-state index in [9.17, 15) is 9.59 Å². The monoisotopic (exact) mass is 519 g/mol. The van der Waals surface area contributed by atoms with E-state index in [1.54, 1.807) is 0 Å². The maximum Gasteiger partial charge on any atom is 0.494 e. The smallest absolute Gasteiger partial charge is 0.444 e. The van der Waals surface area contributed by atoms with Crippen LogP contribution in [0.4, 0.5) is 9.59 Å². The number of hydrogen-bond donors (Lipinski definition) is 2. The summed E-state index contributed by atoms with van der Waals surface area (Å²) in [4.78, 5) is 26.3. The molecule has 0 spiro atoms. The Balaban J connectivity index is 2.04. The fourth-order valence-corrected chi connectivity index (χ4v) is 3.61. The summed E-state index contributed by atoms with van der Waals surface area (Å²) in [6, 6.07) is 8.12. The molecule has 208 valence electrons. The van der Waals surface area contributed by atoms with Gasteiger partial charge in [-0.05, 0) is 80.3 Å². The van der Waals surface area contributed by atoms with Gasteiger partial charge in [-0.3, -0.25) is 4.90 Å². The van der Waals surface area contributed by atoms with Gasteiger partial charge in [-0.1, -0.05) is 24.3 Å². The first kappa shape index (κ1) is 30.9. The van der Waals surface area contributed by atoms with E-state index in [2.05, 4.69) is 21.6 Å². The van der Waals surface area contributed by atoms with Crippen molar-refractivity contribution >= 4 is 24.8 Å². The Morgan fingerprint density at radius 1 is 0.865 bits per heavy atom. The minimum atomic E-state index is -0.560. The average Bonchev–Trinajstić information content (AvgIpc) is 2.92. The number of carbonyl (C=O) groups excluding carboxylic acids is 2. The largest absolute Gasteiger partial charge is 0.494 e. The summed E-state index contributed by atoms with van der Waals surface area (Å²) in [6.45, 7) is 21.7. The number of alkyl carbamates (subject to hydrolysis) is 2. The van der Waals surface area contributed by atoms with Gasteiger partial charge in [-0.2, -0.15) is 0 Å². The summed E-state index contributed by atoms with van der Waals surface area (Å²) < 4.78 is 23.1. The number of rotatable bonds is 9. The lowest BCUT2D eigenvalue weighted by molar-refractivity contribution is 0.00578. The van der Waals surface area contributed by atoms with Crippen LogP contribution in [0.1, 0.15) is 74.8 Å². The fraction of sp³-hybridized carbons (Fsp3) is 0.704. The zero-order chi connectivity index (χ0) is 28.1. The van der Waals surface area contributed by atoms with Gasteiger partial charge in [-0.25, -0.2) is 9.59 Å². The Morgan fingerprint density at radius 3 is 1.76 bits per heavy atom. The van der Waals surface area contributed by atoms with E-state index >= 15 is 0 Å². The van der Waals surface area contributed by atoms with E-state index in [4.69, 9.17) is 18.8 Å². The van der Waals surface area contributed by atoms with Crippen LogP contribution in [0.3, 0.4) is 0 Å². The topological polar surface area (TPSA) is 98.4 Å². The van der Waals surface area contributed by atoms with Crippen molar-refractivity contribution in [2.24, 2.45) is 0 Å². The number of carbonyl (C=O) groups is 2. The van der Waals surface area contributed by atoms with E-state index in [0.717, 1.165) is 11.0 Å². The number of nitrogens with zero attached hydrogens (tertiary/aromatic N) is 1. The molecule has 1 aliphatic rings. The molecule has 0 bridgehead atoms. The van der Waals surface area contributed by atoms with E-state index in [0.29, 0.717) is 32.7 Å². The highest BCUT2D eigenvalue weighted by atomic mass is 16.7. The van der Waals surface area contributed by atoms with Crippen LogP contribution in [0, 0.1) is 0 Å². The Hall–Kier alpha value is -2.30. The van der Waals surface area contributed by atoms with Crippen LogP contribution in [-0.4, -0.2) is 72.8 Å². The maximum atomic E-state index is 12.1. The van der Waals surface area contributed by atoms with Crippen LogP contribution < -0.4 is 16.1 Å². The molecule has 2 amide bonds. The predicted molar refractivity (Wildman–Crippen MR) is 146 cm³/mol. The highest BCUT2D eigenvalue weighted by molar-refractivity contribution is 6.62. The van der Waals surface area contributed by atoms with E-state index in [-0.39, 0.29) is 0 Å². The van der Waals surface area contributed by atoms with E-state index < -0.39 is 41.7 Å². The lowest BCUT2D eigenvalue weighted by Crippen LogP contribution is -2.41. The van der Waals surface area contributed by atoms with E-state index in [1.165, 1.54) is 0 Å². The van der Waals surface area contributed by atoms with Crippen molar-refractivity contribution < 1.29 is 28.4 Å². The third-order valence-electron chi connectivity index (χ3n) is 6.08. The molecule has 0 atom stereocenters.